The Morgan fingerprint density at radius 2 is 1.70 bits per heavy atom. The third-order valence-corrected chi connectivity index (χ3v) is 5.64. The van der Waals surface area contributed by atoms with E-state index in [4.69, 9.17) is 5.11 Å². The van der Waals surface area contributed by atoms with Gasteiger partial charge in [0.15, 0.2) is 0 Å². The van der Waals surface area contributed by atoms with E-state index in [0.29, 0.717) is 32.0 Å². The smallest absolute Gasteiger partial charge is 0.317 e. The zero-order chi connectivity index (χ0) is 19.6. The SMILES string of the molecule is CCN(CC(=O)O)C1CC(NC(=O)NCCNC(=O)CC2CCCCC2)C1. The van der Waals surface area contributed by atoms with Gasteiger partial charge >= 0.3 is 12.0 Å². The van der Waals surface area contributed by atoms with Crippen LogP contribution >= 0.6 is 0 Å². The van der Waals surface area contributed by atoms with Crippen molar-refractivity contribution in [2.45, 2.75) is 70.4 Å². The van der Waals surface area contributed by atoms with E-state index in [9.17, 15) is 14.4 Å². The zero-order valence-corrected chi connectivity index (χ0v) is 16.3. The minimum atomic E-state index is -0.823. The molecule has 0 heterocycles. The average molecular weight is 383 g/mol. The third kappa shape index (κ3) is 7.74. The molecule has 0 aromatic carbocycles. The molecule has 0 radical (unpaired) electrons. The lowest BCUT2D eigenvalue weighted by molar-refractivity contribution is -0.139. The highest BCUT2D eigenvalue weighted by Crippen LogP contribution is 2.26. The molecule has 3 amide bonds. The van der Waals surface area contributed by atoms with Crippen molar-refractivity contribution in [1.29, 1.82) is 0 Å². The van der Waals surface area contributed by atoms with Crippen molar-refractivity contribution < 1.29 is 19.5 Å². The molecule has 0 unspecified atom stereocenters. The number of carbonyl (C=O) groups is 3. The summed E-state index contributed by atoms with van der Waals surface area (Å²) in [6.07, 6.45) is 8.19. The number of likely N-dealkylation sites (N-methyl/N-ethyl adjacent to an activating group) is 1. The summed E-state index contributed by atoms with van der Waals surface area (Å²) in [6, 6.07) is 0.0653. The molecule has 2 fully saturated rings. The van der Waals surface area contributed by atoms with Crippen molar-refractivity contribution in [1.82, 2.24) is 20.9 Å². The van der Waals surface area contributed by atoms with Crippen LogP contribution in [0.4, 0.5) is 4.79 Å². The molecule has 2 aliphatic rings. The van der Waals surface area contributed by atoms with E-state index >= 15 is 0 Å². The fourth-order valence-corrected chi connectivity index (χ4v) is 4.02. The van der Waals surface area contributed by atoms with E-state index < -0.39 is 5.97 Å². The maximum absolute atomic E-state index is 11.9. The van der Waals surface area contributed by atoms with Crippen LogP contribution in [-0.2, 0) is 9.59 Å². The molecule has 2 aliphatic carbocycles. The van der Waals surface area contributed by atoms with Crippen molar-refractivity contribution >= 4 is 17.9 Å². The lowest BCUT2D eigenvalue weighted by atomic mass is 9.85. The molecule has 8 heteroatoms. The normalized spacial score (nSPS) is 22.7. The zero-order valence-electron chi connectivity index (χ0n) is 16.3. The number of hydrogen-bond acceptors (Lipinski definition) is 4. The molecule has 0 atom stereocenters. The highest BCUT2D eigenvalue weighted by molar-refractivity contribution is 5.76. The number of amides is 3. The van der Waals surface area contributed by atoms with Gasteiger partial charge < -0.3 is 21.1 Å². The Morgan fingerprint density at radius 3 is 2.33 bits per heavy atom. The fourth-order valence-electron chi connectivity index (χ4n) is 4.02. The van der Waals surface area contributed by atoms with Crippen LogP contribution in [0.25, 0.3) is 0 Å². The van der Waals surface area contributed by atoms with E-state index in [1.54, 1.807) is 0 Å². The Kier molecular flexibility index (Phi) is 8.84. The monoisotopic (exact) mass is 382 g/mol. The Morgan fingerprint density at radius 1 is 1.04 bits per heavy atom. The number of carbonyl (C=O) groups excluding carboxylic acids is 2. The standard InChI is InChI=1S/C19H34N4O4/c1-2-23(13-18(25)26)16-11-15(12-16)22-19(27)21-9-8-20-17(24)10-14-6-4-3-5-7-14/h14-16H,2-13H2,1H3,(H,20,24)(H,25,26)(H2,21,22,27). The molecule has 4 N–H and O–H groups in total. The minimum absolute atomic E-state index is 0.0423. The summed E-state index contributed by atoms with van der Waals surface area (Å²) < 4.78 is 0. The van der Waals surface area contributed by atoms with Crippen LogP contribution in [0.1, 0.15) is 58.3 Å². The van der Waals surface area contributed by atoms with Gasteiger partial charge in [0, 0.05) is 31.6 Å². The largest absolute Gasteiger partial charge is 0.480 e. The molecule has 0 aromatic heterocycles. The predicted octanol–water partition coefficient (Wildman–Crippen LogP) is 1.31. The van der Waals surface area contributed by atoms with Crippen LogP contribution < -0.4 is 16.0 Å². The van der Waals surface area contributed by atoms with E-state index in [0.717, 1.165) is 25.7 Å². The van der Waals surface area contributed by atoms with Crippen molar-refractivity contribution in [2.75, 3.05) is 26.2 Å². The predicted molar refractivity (Wildman–Crippen MR) is 102 cm³/mol. The van der Waals surface area contributed by atoms with Crippen LogP contribution in [-0.4, -0.2) is 66.2 Å². The summed E-state index contributed by atoms with van der Waals surface area (Å²) in [5, 5.41) is 17.4. The lowest BCUT2D eigenvalue weighted by Gasteiger charge is -2.42. The van der Waals surface area contributed by atoms with Crippen LogP contribution in [0, 0.1) is 5.92 Å². The first-order valence-electron chi connectivity index (χ1n) is 10.2. The summed E-state index contributed by atoms with van der Waals surface area (Å²) >= 11 is 0. The molecule has 2 saturated carbocycles. The number of rotatable bonds is 10. The van der Waals surface area contributed by atoms with Gasteiger partial charge in [0.05, 0.1) is 6.54 Å². The van der Waals surface area contributed by atoms with E-state index in [1.807, 2.05) is 11.8 Å². The number of nitrogens with one attached hydrogen (secondary N) is 3. The third-order valence-electron chi connectivity index (χ3n) is 5.64. The Balaban J connectivity index is 1.50. The fraction of sp³-hybridized carbons (Fsp3) is 0.842. The van der Waals surface area contributed by atoms with E-state index in [2.05, 4.69) is 16.0 Å². The van der Waals surface area contributed by atoms with E-state index in [-0.39, 0.29) is 30.6 Å². The van der Waals surface area contributed by atoms with Gasteiger partial charge in [0.25, 0.3) is 0 Å². The Labute approximate surface area is 161 Å². The molecule has 8 nitrogen and oxygen atoms in total. The molecule has 0 saturated heterocycles. The summed E-state index contributed by atoms with van der Waals surface area (Å²) in [6.45, 7) is 3.52. The van der Waals surface area contributed by atoms with Crippen LogP contribution in [0.2, 0.25) is 0 Å². The van der Waals surface area contributed by atoms with E-state index in [1.165, 1.54) is 19.3 Å². The first-order chi connectivity index (χ1) is 13.0. The summed E-state index contributed by atoms with van der Waals surface area (Å²) in [4.78, 5) is 36.5. The van der Waals surface area contributed by atoms with Crippen molar-refractivity contribution in [3.05, 3.63) is 0 Å². The van der Waals surface area contributed by atoms with Gasteiger partial charge in [-0.15, -0.1) is 0 Å². The van der Waals surface area contributed by atoms with Gasteiger partial charge in [-0.2, -0.15) is 0 Å². The first kappa shape index (κ1) is 21.5. The maximum Gasteiger partial charge on any atom is 0.317 e. The molecule has 0 aromatic rings. The molecule has 27 heavy (non-hydrogen) atoms. The van der Waals surface area contributed by atoms with Crippen molar-refractivity contribution in [3.8, 4) is 0 Å². The maximum atomic E-state index is 11.9. The molecule has 0 aliphatic heterocycles. The van der Waals surface area contributed by atoms with Crippen LogP contribution in [0.15, 0.2) is 0 Å². The summed E-state index contributed by atoms with van der Waals surface area (Å²) in [5.41, 5.74) is 0. The summed E-state index contributed by atoms with van der Waals surface area (Å²) in [5.74, 6) is -0.231. The molecule has 154 valence electrons. The second kappa shape index (κ2) is 11.1. The molecule has 0 spiro atoms. The number of urea groups is 1. The second-order valence-corrected chi connectivity index (χ2v) is 7.74. The highest BCUT2D eigenvalue weighted by atomic mass is 16.4. The Bertz CT molecular complexity index is 502. The quantitative estimate of drug-likeness (QED) is 0.426. The van der Waals surface area contributed by atoms with Crippen LogP contribution in [0.5, 0.6) is 0 Å². The van der Waals surface area contributed by atoms with Crippen LogP contribution in [0.3, 0.4) is 0 Å². The lowest BCUT2D eigenvalue weighted by Crippen LogP contribution is -2.56. The highest BCUT2D eigenvalue weighted by Gasteiger charge is 2.34. The second-order valence-electron chi connectivity index (χ2n) is 7.74. The van der Waals surface area contributed by atoms with Gasteiger partial charge in [-0.25, -0.2) is 4.79 Å². The Hall–Kier alpha value is -1.83. The molecule has 0 bridgehead atoms. The number of carboxylic acid groups (broad SMARTS) is 1. The molecule has 2 rings (SSSR count). The molecular weight excluding hydrogens is 348 g/mol. The molecular formula is C19H34N4O4. The van der Waals surface area contributed by atoms with Gasteiger partial charge in [-0.1, -0.05) is 26.2 Å². The number of carboxylic acids is 1. The summed E-state index contributed by atoms with van der Waals surface area (Å²) in [7, 11) is 0. The van der Waals surface area contributed by atoms with Gasteiger partial charge in [0.1, 0.15) is 0 Å². The average Bonchev–Trinajstić information content (AvgIpc) is 2.60. The van der Waals surface area contributed by atoms with Gasteiger partial charge in [0.2, 0.25) is 5.91 Å². The number of nitrogens with zero attached hydrogens (tertiary/aromatic N) is 1. The van der Waals surface area contributed by atoms with Gasteiger partial charge in [-0.3, -0.25) is 14.5 Å². The number of hydrogen-bond donors (Lipinski definition) is 4. The topological polar surface area (TPSA) is 111 Å². The van der Waals surface area contributed by atoms with Gasteiger partial charge in [-0.05, 0) is 38.1 Å². The first-order valence-corrected chi connectivity index (χ1v) is 10.2. The minimum Gasteiger partial charge on any atom is -0.480 e. The van der Waals surface area contributed by atoms with Crippen molar-refractivity contribution in [2.24, 2.45) is 5.92 Å². The van der Waals surface area contributed by atoms with Crippen molar-refractivity contribution in [3.63, 3.8) is 0 Å². The number of aliphatic carboxylic acids is 1.